The number of carbonyl (C=O) groups is 1. The van der Waals surface area contributed by atoms with E-state index in [9.17, 15) is 4.79 Å². The number of rotatable bonds is 6. The van der Waals surface area contributed by atoms with E-state index in [-0.39, 0.29) is 11.2 Å². The summed E-state index contributed by atoms with van der Waals surface area (Å²) in [5.41, 5.74) is 6.35. The summed E-state index contributed by atoms with van der Waals surface area (Å²) in [6, 6.07) is 8.32. The van der Waals surface area contributed by atoms with Gasteiger partial charge in [0, 0.05) is 10.1 Å². The largest absolute Gasteiger partial charge is 0.465 e. The number of carbonyl (C=O) groups excluding carboxylic acids is 1. The molecule has 1 aromatic rings. The van der Waals surface area contributed by atoms with Crippen molar-refractivity contribution in [2.45, 2.75) is 49.8 Å². The van der Waals surface area contributed by atoms with Gasteiger partial charge in [-0.2, -0.15) is 0 Å². The molecule has 0 heterocycles. The Hall–Kier alpha value is -1.00. The van der Waals surface area contributed by atoms with E-state index in [0.717, 1.165) is 0 Å². The molecule has 0 fully saturated rings. The molecule has 0 saturated carbocycles. The average molecular weight is 281 g/mol. The van der Waals surface area contributed by atoms with Crippen LogP contribution in [0.4, 0.5) is 0 Å². The summed E-state index contributed by atoms with van der Waals surface area (Å²) in [7, 11) is 0. The first kappa shape index (κ1) is 16.1. The Balaban J connectivity index is 2.59. The zero-order chi connectivity index (χ0) is 14.5. The lowest BCUT2D eigenvalue weighted by Crippen LogP contribution is -2.47. The third-order valence-electron chi connectivity index (χ3n) is 2.78. The molecular weight excluding hydrogens is 258 g/mol. The van der Waals surface area contributed by atoms with Crippen molar-refractivity contribution in [1.82, 2.24) is 0 Å². The predicted octanol–water partition coefficient (Wildman–Crippen LogP) is 3.15. The lowest BCUT2D eigenvalue weighted by atomic mass is 9.98. The number of aryl methyl sites for hydroxylation is 1. The molecule has 19 heavy (non-hydrogen) atoms. The second-order valence-corrected chi connectivity index (χ2v) is 6.60. The van der Waals surface area contributed by atoms with Crippen LogP contribution in [0.15, 0.2) is 29.2 Å². The topological polar surface area (TPSA) is 52.3 Å². The van der Waals surface area contributed by atoms with Crippen molar-refractivity contribution in [3.8, 4) is 0 Å². The van der Waals surface area contributed by atoms with Gasteiger partial charge in [0.05, 0.1) is 6.61 Å². The van der Waals surface area contributed by atoms with Gasteiger partial charge in [0.15, 0.2) is 0 Å². The van der Waals surface area contributed by atoms with Crippen LogP contribution < -0.4 is 5.73 Å². The Morgan fingerprint density at radius 2 is 2.21 bits per heavy atom. The Morgan fingerprint density at radius 1 is 1.53 bits per heavy atom. The fourth-order valence-electron chi connectivity index (χ4n) is 1.94. The van der Waals surface area contributed by atoms with Gasteiger partial charge in [0.25, 0.3) is 0 Å². The van der Waals surface area contributed by atoms with Crippen LogP contribution in [0.2, 0.25) is 0 Å². The van der Waals surface area contributed by atoms with Crippen molar-refractivity contribution in [2.75, 3.05) is 6.61 Å². The van der Waals surface area contributed by atoms with E-state index in [0.29, 0.717) is 13.0 Å². The monoisotopic (exact) mass is 281 g/mol. The summed E-state index contributed by atoms with van der Waals surface area (Å²) in [4.78, 5) is 13.0. The number of benzene rings is 1. The third-order valence-corrected chi connectivity index (χ3v) is 3.88. The lowest BCUT2D eigenvalue weighted by Gasteiger charge is -2.25. The van der Waals surface area contributed by atoms with Gasteiger partial charge in [0.2, 0.25) is 0 Å². The highest BCUT2D eigenvalue weighted by atomic mass is 32.2. The van der Waals surface area contributed by atoms with Gasteiger partial charge in [-0.15, -0.1) is 11.8 Å². The first-order valence-electron chi connectivity index (χ1n) is 6.54. The highest BCUT2D eigenvalue weighted by Gasteiger charge is 2.32. The molecule has 2 unspecified atom stereocenters. The summed E-state index contributed by atoms with van der Waals surface area (Å²) in [6.45, 7) is 8.04. The minimum atomic E-state index is -0.924. The molecule has 0 aliphatic carbocycles. The van der Waals surface area contributed by atoms with E-state index in [4.69, 9.17) is 10.5 Å². The standard InChI is InChI=1S/C15H23NO2S/c1-5-18-14(17)15(4,16)10-12(3)19-13-8-6-7-11(2)9-13/h6-9,12H,5,10,16H2,1-4H3. The number of nitrogens with two attached hydrogens (primary N) is 1. The lowest BCUT2D eigenvalue weighted by molar-refractivity contribution is -0.149. The van der Waals surface area contributed by atoms with Crippen molar-refractivity contribution >= 4 is 17.7 Å². The summed E-state index contributed by atoms with van der Waals surface area (Å²) in [6.07, 6.45) is 0.588. The van der Waals surface area contributed by atoms with Crippen molar-refractivity contribution in [1.29, 1.82) is 0 Å². The molecular formula is C15H23NO2S. The van der Waals surface area contributed by atoms with Gasteiger partial charge in [-0.05, 0) is 39.3 Å². The van der Waals surface area contributed by atoms with Gasteiger partial charge in [-0.3, -0.25) is 4.79 Å². The molecule has 106 valence electrons. The van der Waals surface area contributed by atoms with Gasteiger partial charge in [-0.1, -0.05) is 24.6 Å². The van der Waals surface area contributed by atoms with Crippen LogP contribution >= 0.6 is 11.8 Å². The molecule has 2 N–H and O–H groups in total. The second-order valence-electron chi connectivity index (χ2n) is 5.09. The Morgan fingerprint density at radius 3 is 2.79 bits per heavy atom. The van der Waals surface area contributed by atoms with Crippen LogP contribution in [0, 0.1) is 6.92 Å². The maximum Gasteiger partial charge on any atom is 0.325 e. The summed E-state index contributed by atoms with van der Waals surface area (Å²) in [5.74, 6) is -0.327. The summed E-state index contributed by atoms with van der Waals surface area (Å²) in [5, 5.41) is 0.251. The normalized spacial score (nSPS) is 15.6. The van der Waals surface area contributed by atoms with Crippen molar-refractivity contribution in [2.24, 2.45) is 5.73 Å². The molecule has 4 heteroatoms. The van der Waals surface area contributed by atoms with E-state index >= 15 is 0 Å². The van der Waals surface area contributed by atoms with Crippen molar-refractivity contribution < 1.29 is 9.53 Å². The van der Waals surface area contributed by atoms with Gasteiger partial charge in [-0.25, -0.2) is 0 Å². The van der Waals surface area contributed by atoms with Gasteiger partial charge >= 0.3 is 5.97 Å². The smallest absolute Gasteiger partial charge is 0.325 e. The fraction of sp³-hybridized carbons (Fsp3) is 0.533. The summed E-state index contributed by atoms with van der Waals surface area (Å²) >= 11 is 1.73. The average Bonchev–Trinajstić information content (AvgIpc) is 2.28. The first-order valence-corrected chi connectivity index (χ1v) is 7.42. The fourth-order valence-corrected chi connectivity index (χ4v) is 3.24. The number of ether oxygens (including phenoxy) is 1. The number of hydrogen-bond acceptors (Lipinski definition) is 4. The van der Waals surface area contributed by atoms with Crippen LogP contribution in [-0.2, 0) is 9.53 Å². The second kappa shape index (κ2) is 6.96. The highest BCUT2D eigenvalue weighted by molar-refractivity contribution is 7.99. The predicted molar refractivity (Wildman–Crippen MR) is 80.3 cm³/mol. The molecule has 1 rings (SSSR count). The van der Waals surface area contributed by atoms with Crippen molar-refractivity contribution in [3.63, 3.8) is 0 Å². The molecule has 0 saturated heterocycles. The molecule has 2 atom stereocenters. The van der Waals surface area contributed by atoms with Crippen LogP contribution in [0.5, 0.6) is 0 Å². The van der Waals surface area contributed by atoms with E-state index in [1.807, 2.05) is 6.07 Å². The van der Waals surface area contributed by atoms with E-state index < -0.39 is 5.54 Å². The zero-order valence-electron chi connectivity index (χ0n) is 12.1. The third kappa shape index (κ3) is 5.25. The van der Waals surface area contributed by atoms with Crippen LogP contribution in [0.1, 0.15) is 32.8 Å². The molecule has 0 spiro atoms. The summed E-state index contributed by atoms with van der Waals surface area (Å²) < 4.78 is 5.00. The van der Waals surface area contributed by atoms with Gasteiger partial charge < -0.3 is 10.5 Å². The molecule has 0 aliphatic rings. The number of esters is 1. The SMILES string of the molecule is CCOC(=O)C(C)(N)CC(C)Sc1cccc(C)c1. The van der Waals surface area contributed by atoms with Crippen molar-refractivity contribution in [3.05, 3.63) is 29.8 Å². The van der Waals surface area contributed by atoms with E-state index in [1.165, 1.54) is 10.5 Å². The molecule has 0 bridgehead atoms. The highest BCUT2D eigenvalue weighted by Crippen LogP contribution is 2.28. The van der Waals surface area contributed by atoms with E-state index in [2.05, 4.69) is 32.0 Å². The Bertz CT molecular complexity index is 432. The quantitative estimate of drug-likeness (QED) is 0.643. The maximum atomic E-state index is 11.8. The first-order chi connectivity index (χ1) is 8.85. The Kier molecular flexibility index (Phi) is 5.88. The minimum Gasteiger partial charge on any atom is -0.465 e. The molecule has 0 amide bonds. The molecule has 0 aromatic heterocycles. The molecule has 0 radical (unpaired) electrons. The maximum absolute atomic E-state index is 11.8. The van der Waals surface area contributed by atoms with Gasteiger partial charge in [0.1, 0.15) is 5.54 Å². The molecule has 0 aliphatic heterocycles. The number of thioether (sulfide) groups is 1. The van der Waals surface area contributed by atoms with Crippen LogP contribution in [0.3, 0.4) is 0 Å². The molecule has 3 nitrogen and oxygen atoms in total. The minimum absolute atomic E-state index is 0.251. The van der Waals surface area contributed by atoms with Crippen LogP contribution in [0.25, 0.3) is 0 Å². The van der Waals surface area contributed by atoms with E-state index in [1.54, 1.807) is 25.6 Å². The molecule has 1 aromatic carbocycles. The zero-order valence-corrected chi connectivity index (χ0v) is 12.9. The Labute approximate surface area is 119 Å². The van der Waals surface area contributed by atoms with Crippen LogP contribution in [-0.4, -0.2) is 23.4 Å². The number of hydrogen-bond donors (Lipinski definition) is 1.